The molecule has 0 aliphatic carbocycles. The standard InChI is InChI=1S/C39H50F2N6O9S2/c1-39(2,3)35(29-15-24(26-16-25(40)9-10-27(26)41)20-46(29)19-23-7-5-4-6-8-23)47(34(51)21-48)14-11-30(57)36(52)44-13-12-43-33(50)18-45-32(49)17-31(38(55)56)58-22-28(42)37(53)54/h4-10,15-16,20,28,30-31,35,48,57H,11-14,17-19,21-22,42H2,1-3H3,(H,43,50)(H,44,52)(H,45,49)(H,53,54)(H,55,56)/t28-,30-,31+,35-/m0/s1. The lowest BCUT2D eigenvalue weighted by Crippen LogP contribution is -2.45. The molecule has 0 bridgehead atoms. The van der Waals surface area contributed by atoms with Gasteiger partial charge in [0.15, 0.2) is 0 Å². The molecular formula is C39H50F2N6O9S2. The van der Waals surface area contributed by atoms with Crippen LogP contribution in [0.2, 0.25) is 0 Å². The van der Waals surface area contributed by atoms with Crippen LogP contribution in [-0.4, -0.2) is 115 Å². The fourth-order valence-electron chi connectivity index (χ4n) is 5.99. The van der Waals surface area contributed by atoms with Crippen LogP contribution in [0.5, 0.6) is 0 Å². The van der Waals surface area contributed by atoms with E-state index in [4.69, 9.17) is 10.8 Å². The van der Waals surface area contributed by atoms with Gasteiger partial charge in [0, 0.05) is 61.4 Å². The van der Waals surface area contributed by atoms with Gasteiger partial charge in [0.2, 0.25) is 23.6 Å². The van der Waals surface area contributed by atoms with Crippen molar-refractivity contribution in [1.29, 1.82) is 0 Å². The van der Waals surface area contributed by atoms with E-state index in [2.05, 4.69) is 28.6 Å². The summed E-state index contributed by atoms with van der Waals surface area (Å²) in [5.41, 5.74) is 6.63. The first-order valence-corrected chi connectivity index (χ1v) is 19.8. The van der Waals surface area contributed by atoms with Crippen LogP contribution in [0.15, 0.2) is 60.8 Å². The Balaban J connectivity index is 1.64. The average Bonchev–Trinajstić information content (AvgIpc) is 3.57. The van der Waals surface area contributed by atoms with Crippen molar-refractivity contribution >= 4 is 60.0 Å². The number of carboxylic acids is 2. The van der Waals surface area contributed by atoms with Gasteiger partial charge < -0.3 is 46.5 Å². The smallest absolute Gasteiger partial charge is 0.321 e. The number of benzene rings is 2. The van der Waals surface area contributed by atoms with Gasteiger partial charge in [0.1, 0.15) is 29.5 Å². The quantitative estimate of drug-likeness (QED) is 0.0541. The third-order valence-corrected chi connectivity index (χ3v) is 10.6. The van der Waals surface area contributed by atoms with Gasteiger partial charge in [0.25, 0.3) is 0 Å². The number of thiol groups is 1. The number of aliphatic hydroxyl groups is 1. The fraction of sp³-hybridized carbons (Fsp3) is 0.436. The van der Waals surface area contributed by atoms with Crippen molar-refractivity contribution in [3.63, 3.8) is 0 Å². The van der Waals surface area contributed by atoms with Crippen LogP contribution in [-0.2, 0) is 35.3 Å². The fourth-order valence-corrected chi connectivity index (χ4v) is 7.19. The van der Waals surface area contributed by atoms with Gasteiger partial charge >= 0.3 is 11.9 Å². The van der Waals surface area contributed by atoms with Crippen LogP contribution in [0.3, 0.4) is 0 Å². The number of carbonyl (C=O) groups is 6. The van der Waals surface area contributed by atoms with Crippen molar-refractivity contribution in [2.75, 3.05) is 38.5 Å². The van der Waals surface area contributed by atoms with Crippen molar-refractivity contribution in [2.45, 2.75) is 62.7 Å². The van der Waals surface area contributed by atoms with Crippen LogP contribution in [0.4, 0.5) is 8.78 Å². The number of carbonyl (C=O) groups excluding carboxylic acids is 4. The lowest BCUT2D eigenvalue weighted by molar-refractivity contribution is -0.140. The van der Waals surface area contributed by atoms with Crippen LogP contribution in [0.25, 0.3) is 11.1 Å². The zero-order chi connectivity index (χ0) is 43.2. The molecule has 0 saturated heterocycles. The van der Waals surface area contributed by atoms with Gasteiger partial charge in [0.05, 0.1) is 17.8 Å². The predicted octanol–water partition coefficient (Wildman–Crippen LogP) is 2.42. The molecule has 4 amide bonds. The summed E-state index contributed by atoms with van der Waals surface area (Å²) in [4.78, 5) is 74.7. The molecule has 0 aliphatic heterocycles. The Kier molecular flexibility index (Phi) is 18.2. The van der Waals surface area contributed by atoms with Gasteiger partial charge in [-0.25, -0.2) is 8.78 Å². The van der Waals surface area contributed by atoms with Crippen molar-refractivity contribution in [3.8, 4) is 11.1 Å². The molecule has 0 aliphatic rings. The molecule has 19 heteroatoms. The molecule has 1 heterocycles. The van der Waals surface area contributed by atoms with E-state index >= 15 is 4.39 Å². The number of halogens is 2. The lowest BCUT2D eigenvalue weighted by atomic mass is 9.82. The molecular weight excluding hydrogens is 799 g/mol. The third kappa shape index (κ3) is 14.4. The highest BCUT2D eigenvalue weighted by molar-refractivity contribution is 8.00. The number of aromatic nitrogens is 1. The monoisotopic (exact) mass is 848 g/mol. The Morgan fingerprint density at radius 2 is 1.60 bits per heavy atom. The van der Waals surface area contributed by atoms with Gasteiger partial charge in [-0.15, -0.1) is 11.8 Å². The van der Waals surface area contributed by atoms with Crippen molar-refractivity contribution < 1.29 is 52.9 Å². The number of nitrogens with two attached hydrogens (primary N) is 1. The highest BCUT2D eigenvalue weighted by Crippen LogP contribution is 2.41. The number of aliphatic hydroxyl groups excluding tert-OH is 1. The molecule has 0 radical (unpaired) electrons. The van der Waals surface area contributed by atoms with Gasteiger partial charge in [-0.2, -0.15) is 12.6 Å². The molecule has 58 heavy (non-hydrogen) atoms. The highest BCUT2D eigenvalue weighted by Gasteiger charge is 2.37. The Hall–Kier alpha value is -4.98. The van der Waals surface area contributed by atoms with Crippen LogP contribution in [0, 0.1) is 17.0 Å². The van der Waals surface area contributed by atoms with Gasteiger partial charge in [-0.3, -0.25) is 28.8 Å². The van der Waals surface area contributed by atoms with E-state index in [9.17, 15) is 43.4 Å². The molecule has 0 spiro atoms. The summed E-state index contributed by atoms with van der Waals surface area (Å²) in [7, 11) is 0. The minimum atomic E-state index is -1.34. The summed E-state index contributed by atoms with van der Waals surface area (Å²) >= 11 is 5.15. The van der Waals surface area contributed by atoms with E-state index in [-0.39, 0.29) is 37.4 Å². The number of rotatable bonds is 22. The number of nitrogens with one attached hydrogen (secondary N) is 3. The lowest BCUT2D eigenvalue weighted by Gasteiger charge is -2.41. The van der Waals surface area contributed by atoms with Gasteiger partial charge in [-0.05, 0) is 41.7 Å². The molecule has 2 aromatic carbocycles. The van der Waals surface area contributed by atoms with Crippen molar-refractivity contribution in [3.05, 3.63) is 83.7 Å². The van der Waals surface area contributed by atoms with E-state index in [1.165, 1.54) is 4.90 Å². The van der Waals surface area contributed by atoms with E-state index < -0.39 is 94.8 Å². The Morgan fingerprint density at radius 3 is 2.22 bits per heavy atom. The molecule has 1 aromatic heterocycles. The maximum atomic E-state index is 15.0. The summed E-state index contributed by atoms with van der Waals surface area (Å²) in [6, 6.07) is 12.3. The predicted molar refractivity (Wildman–Crippen MR) is 217 cm³/mol. The van der Waals surface area contributed by atoms with Crippen molar-refractivity contribution in [1.82, 2.24) is 25.4 Å². The first-order chi connectivity index (χ1) is 27.3. The minimum absolute atomic E-state index is 0.0204. The molecule has 0 saturated carbocycles. The first kappa shape index (κ1) is 47.4. The number of hydrogen-bond donors (Lipinski definition) is 8. The molecule has 3 rings (SSSR count). The SMILES string of the molecule is CC(C)(C)[C@H](c1cc(-c2cc(F)ccc2F)cn1Cc1ccccc1)N(CC[C@H](S)C(=O)NCCNC(=O)CNC(=O)C[C@@H](SC[C@H](N)C(=O)O)C(=O)O)C(=O)CO. The zero-order valence-electron chi connectivity index (χ0n) is 32.3. The van der Waals surface area contributed by atoms with E-state index in [1.54, 1.807) is 12.3 Å². The Bertz CT molecular complexity index is 1910. The van der Waals surface area contributed by atoms with Crippen LogP contribution in [0.1, 0.15) is 50.9 Å². The number of hydrogen-bond acceptors (Lipinski definition) is 10. The Labute approximate surface area is 344 Å². The second-order valence-corrected chi connectivity index (χ2v) is 16.3. The molecule has 316 valence electrons. The zero-order valence-corrected chi connectivity index (χ0v) is 34.0. The minimum Gasteiger partial charge on any atom is -0.480 e. The number of nitrogens with zero attached hydrogens (tertiary/aromatic N) is 2. The van der Waals surface area contributed by atoms with Crippen LogP contribution >= 0.6 is 24.4 Å². The topological polar surface area (TPSA) is 233 Å². The maximum absolute atomic E-state index is 15.0. The largest absolute Gasteiger partial charge is 0.480 e. The molecule has 0 unspecified atom stereocenters. The normalized spacial score (nSPS) is 13.4. The third-order valence-electron chi connectivity index (χ3n) is 8.81. The second-order valence-electron chi connectivity index (χ2n) is 14.4. The number of thioether (sulfide) groups is 1. The number of amides is 4. The molecule has 3 aromatic rings. The number of aliphatic carboxylic acids is 2. The first-order valence-electron chi connectivity index (χ1n) is 18.2. The Morgan fingerprint density at radius 1 is 0.931 bits per heavy atom. The summed E-state index contributed by atoms with van der Waals surface area (Å²) in [5.74, 6) is -6.65. The molecule has 8 N–H and O–H groups in total. The average molecular weight is 849 g/mol. The number of carboxylic acid groups (broad SMARTS) is 2. The molecule has 4 atom stereocenters. The summed E-state index contributed by atoms with van der Waals surface area (Å²) < 4.78 is 31.2. The maximum Gasteiger partial charge on any atom is 0.321 e. The van der Waals surface area contributed by atoms with E-state index in [0.29, 0.717) is 29.6 Å². The summed E-state index contributed by atoms with van der Waals surface area (Å²) in [5, 5.41) is 33.5. The molecule has 15 nitrogen and oxygen atoms in total. The second kappa shape index (κ2) is 22.2. The van der Waals surface area contributed by atoms with E-state index in [1.807, 2.05) is 55.7 Å². The van der Waals surface area contributed by atoms with E-state index in [0.717, 1.165) is 23.8 Å². The van der Waals surface area contributed by atoms with Gasteiger partial charge in [-0.1, -0.05) is 51.1 Å². The molecule has 0 fully saturated rings. The highest BCUT2D eigenvalue weighted by atomic mass is 32.2. The van der Waals surface area contributed by atoms with Crippen LogP contribution < -0.4 is 21.7 Å². The summed E-state index contributed by atoms with van der Waals surface area (Å²) in [6.45, 7) is 4.64. The summed E-state index contributed by atoms with van der Waals surface area (Å²) in [6.07, 6.45) is 1.22. The van der Waals surface area contributed by atoms with Crippen molar-refractivity contribution in [2.24, 2.45) is 11.1 Å².